The van der Waals surface area contributed by atoms with Crippen LogP contribution in [-0.4, -0.2) is 30.6 Å². The molecule has 0 spiro atoms. The number of hydrogen-bond acceptors (Lipinski definition) is 4. The molecule has 0 fully saturated rings. The van der Waals surface area contributed by atoms with Gasteiger partial charge in [-0.3, -0.25) is 10.1 Å². The number of nitrogens with one attached hydrogen (secondary N) is 2. The van der Waals surface area contributed by atoms with Gasteiger partial charge in [0, 0.05) is 36.3 Å². The summed E-state index contributed by atoms with van der Waals surface area (Å²) in [6.07, 6.45) is 0. The van der Waals surface area contributed by atoms with Crippen LogP contribution in [0.25, 0.3) is 0 Å². The molecule has 2 aromatic rings. The van der Waals surface area contributed by atoms with Crippen molar-refractivity contribution in [2.45, 2.75) is 26.1 Å². The summed E-state index contributed by atoms with van der Waals surface area (Å²) in [7, 11) is 1.65. The van der Waals surface area contributed by atoms with Gasteiger partial charge in [0.15, 0.2) is 5.96 Å². The van der Waals surface area contributed by atoms with Crippen LogP contribution in [0.5, 0.6) is 0 Å². The van der Waals surface area contributed by atoms with Crippen molar-refractivity contribution in [3.8, 4) is 0 Å². The van der Waals surface area contributed by atoms with Crippen LogP contribution < -0.4 is 10.6 Å². The van der Waals surface area contributed by atoms with Gasteiger partial charge in [-0.1, -0.05) is 40.2 Å². The lowest BCUT2D eigenvalue weighted by atomic mass is 10.2. The number of nitrogens with zero attached hydrogens (tertiary/aromatic N) is 2. The summed E-state index contributed by atoms with van der Waals surface area (Å²) in [6.45, 7) is 3.59. The van der Waals surface area contributed by atoms with E-state index in [1.165, 1.54) is 12.1 Å². The molecule has 0 saturated carbocycles. The van der Waals surface area contributed by atoms with Crippen molar-refractivity contribution < 1.29 is 9.66 Å². The molecule has 28 heavy (non-hydrogen) atoms. The second-order valence-corrected chi connectivity index (χ2v) is 6.98. The van der Waals surface area contributed by atoms with Crippen LogP contribution in [-0.2, 0) is 17.8 Å². The van der Waals surface area contributed by atoms with Crippen molar-refractivity contribution in [2.75, 3.05) is 13.7 Å². The lowest BCUT2D eigenvalue weighted by Gasteiger charge is -2.18. The fraction of sp³-hybridized carbons (Fsp3) is 0.316. The van der Waals surface area contributed by atoms with E-state index in [1.807, 2.05) is 31.2 Å². The third-order valence-electron chi connectivity index (χ3n) is 3.74. The summed E-state index contributed by atoms with van der Waals surface area (Å²) >= 11 is 3.42. The van der Waals surface area contributed by atoms with Crippen molar-refractivity contribution in [1.29, 1.82) is 0 Å². The molecule has 0 aliphatic heterocycles. The molecule has 2 N–H and O–H groups in total. The minimum absolute atomic E-state index is 0. The molecule has 0 aromatic heterocycles. The Balaban J connectivity index is 0.00000392. The standard InChI is InChI=1S/C19H23BrN4O3.HI/c1-14(13-27-2)23-19(21-11-15-3-7-17(20)8-4-15)22-12-16-5-9-18(10-6-16)24(25)26;/h3-10,14H,11-13H2,1-2H3,(H2,21,22,23);1H. The Kier molecular flexibility index (Phi) is 11.0. The third-order valence-corrected chi connectivity index (χ3v) is 4.27. The number of halogens is 2. The molecule has 0 heterocycles. The van der Waals surface area contributed by atoms with E-state index in [9.17, 15) is 10.1 Å². The second-order valence-electron chi connectivity index (χ2n) is 6.07. The van der Waals surface area contributed by atoms with Crippen LogP contribution in [0.1, 0.15) is 18.1 Å². The largest absolute Gasteiger partial charge is 0.383 e. The van der Waals surface area contributed by atoms with Gasteiger partial charge in [-0.2, -0.15) is 0 Å². The van der Waals surface area contributed by atoms with E-state index in [1.54, 1.807) is 19.2 Å². The summed E-state index contributed by atoms with van der Waals surface area (Å²) in [6, 6.07) is 14.5. The quantitative estimate of drug-likeness (QED) is 0.165. The number of rotatable bonds is 8. The molecule has 1 unspecified atom stereocenters. The van der Waals surface area contributed by atoms with Gasteiger partial charge in [-0.05, 0) is 30.2 Å². The molecule has 0 radical (unpaired) electrons. The number of methoxy groups -OCH3 is 1. The molecular weight excluding hydrogens is 539 g/mol. The first-order chi connectivity index (χ1) is 13.0. The van der Waals surface area contributed by atoms with Crippen molar-refractivity contribution in [3.63, 3.8) is 0 Å². The van der Waals surface area contributed by atoms with Crippen molar-refractivity contribution >= 4 is 51.6 Å². The lowest BCUT2D eigenvalue weighted by molar-refractivity contribution is -0.384. The molecule has 1 atom stereocenters. The van der Waals surface area contributed by atoms with E-state index in [2.05, 4.69) is 31.6 Å². The van der Waals surface area contributed by atoms with E-state index in [0.29, 0.717) is 25.7 Å². The van der Waals surface area contributed by atoms with Gasteiger partial charge in [0.1, 0.15) is 0 Å². The fourth-order valence-corrected chi connectivity index (χ4v) is 2.62. The zero-order valence-electron chi connectivity index (χ0n) is 15.7. The molecule has 2 aromatic carbocycles. The predicted octanol–water partition coefficient (Wildman–Crippen LogP) is 4.25. The number of non-ortho nitro benzene ring substituents is 1. The van der Waals surface area contributed by atoms with Gasteiger partial charge in [-0.25, -0.2) is 4.99 Å². The summed E-state index contributed by atoms with van der Waals surface area (Å²) in [5.41, 5.74) is 2.10. The first kappa shape index (κ1) is 24.3. The first-order valence-electron chi connectivity index (χ1n) is 8.49. The van der Waals surface area contributed by atoms with Crippen LogP contribution in [0.3, 0.4) is 0 Å². The second kappa shape index (κ2) is 12.7. The van der Waals surface area contributed by atoms with Crippen molar-refractivity contribution in [1.82, 2.24) is 10.6 Å². The maximum atomic E-state index is 10.7. The highest BCUT2D eigenvalue weighted by Gasteiger charge is 2.07. The topological polar surface area (TPSA) is 88.8 Å². The van der Waals surface area contributed by atoms with Crippen LogP contribution in [0.15, 0.2) is 58.0 Å². The van der Waals surface area contributed by atoms with E-state index >= 15 is 0 Å². The van der Waals surface area contributed by atoms with Crippen LogP contribution in [0, 0.1) is 10.1 Å². The SMILES string of the molecule is COCC(C)NC(=NCc1ccc(Br)cc1)NCc1ccc([N+](=O)[O-])cc1.I. The zero-order chi connectivity index (χ0) is 19.6. The Morgan fingerprint density at radius 3 is 2.36 bits per heavy atom. The molecule has 0 saturated heterocycles. The molecule has 0 aliphatic rings. The highest BCUT2D eigenvalue weighted by molar-refractivity contribution is 14.0. The molecule has 2 rings (SSSR count). The Hall–Kier alpha value is -1.72. The van der Waals surface area contributed by atoms with Crippen LogP contribution in [0.2, 0.25) is 0 Å². The molecule has 7 nitrogen and oxygen atoms in total. The number of nitro benzene ring substituents is 1. The van der Waals surface area contributed by atoms with Gasteiger partial charge >= 0.3 is 0 Å². The van der Waals surface area contributed by atoms with E-state index in [4.69, 9.17) is 4.74 Å². The number of guanidine groups is 1. The number of hydrogen-bond donors (Lipinski definition) is 2. The monoisotopic (exact) mass is 562 g/mol. The van der Waals surface area contributed by atoms with Gasteiger partial charge in [0.05, 0.1) is 18.1 Å². The number of aliphatic imine (C=N–C) groups is 1. The molecule has 9 heteroatoms. The lowest BCUT2D eigenvalue weighted by Crippen LogP contribution is -2.43. The number of nitro groups is 1. The predicted molar refractivity (Wildman–Crippen MR) is 125 cm³/mol. The molecule has 0 bridgehead atoms. The summed E-state index contributed by atoms with van der Waals surface area (Å²) in [4.78, 5) is 15.0. The summed E-state index contributed by atoms with van der Waals surface area (Å²) < 4.78 is 6.19. The third kappa shape index (κ3) is 8.53. The zero-order valence-corrected chi connectivity index (χ0v) is 19.6. The average Bonchev–Trinajstić information content (AvgIpc) is 2.65. The summed E-state index contributed by atoms with van der Waals surface area (Å²) in [5.74, 6) is 0.654. The Labute approximate surface area is 190 Å². The normalized spacial score (nSPS) is 12.0. The number of ether oxygens (including phenoxy) is 1. The van der Waals surface area contributed by atoms with E-state index < -0.39 is 4.92 Å². The maximum Gasteiger partial charge on any atom is 0.269 e. The van der Waals surface area contributed by atoms with Gasteiger partial charge in [-0.15, -0.1) is 24.0 Å². The summed E-state index contributed by atoms with van der Waals surface area (Å²) in [5, 5.41) is 17.3. The molecule has 0 aliphatic carbocycles. The van der Waals surface area contributed by atoms with Gasteiger partial charge in [0.2, 0.25) is 0 Å². The minimum Gasteiger partial charge on any atom is -0.383 e. The van der Waals surface area contributed by atoms with E-state index in [0.717, 1.165) is 15.6 Å². The molecule has 152 valence electrons. The fourth-order valence-electron chi connectivity index (χ4n) is 2.36. The van der Waals surface area contributed by atoms with Crippen LogP contribution >= 0.6 is 39.9 Å². The first-order valence-corrected chi connectivity index (χ1v) is 9.29. The van der Waals surface area contributed by atoms with Crippen LogP contribution in [0.4, 0.5) is 5.69 Å². The van der Waals surface area contributed by atoms with Gasteiger partial charge in [0.25, 0.3) is 5.69 Å². The smallest absolute Gasteiger partial charge is 0.269 e. The molecule has 0 amide bonds. The minimum atomic E-state index is -0.406. The number of benzene rings is 2. The molecular formula is C19H24BrIN4O3. The van der Waals surface area contributed by atoms with Crippen molar-refractivity contribution in [2.24, 2.45) is 4.99 Å². The average molecular weight is 563 g/mol. The Morgan fingerprint density at radius 2 is 1.79 bits per heavy atom. The highest BCUT2D eigenvalue weighted by Crippen LogP contribution is 2.12. The Morgan fingerprint density at radius 1 is 1.18 bits per heavy atom. The van der Waals surface area contributed by atoms with Gasteiger partial charge < -0.3 is 15.4 Å². The maximum absolute atomic E-state index is 10.7. The van der Waals surface area contributed by atoms with E-state index in [-0.39, 0.29) is 35.7 Å². The van der Waals surface area contributed by atoms with Crippen molar-refractivity contribution in [3.05, 3.63) is 74.2 Å². The Bertz CT molecular complexity index is 770. The highest BCUT2D eigenvalue weighted by atomic mass is 127.